The van der Waals surface area contributed by atoms with Gasteiger partial charge in [0.05, 0.1) is 0 Å². The van der Waals surface area contributed by atoms with Crippen molar-refractivity contribution in [1.82, 2.24) is 10.6 Å². The highest BCUT2D eigenvalue weighted by molar-refractivity contribution is 6.31. The molecular weight excluding hydrogens is 216 g/mol. The van der Waals surface area contributed by atoms with E-state index in [1.807, 2.05) is 18.2 Å². The van der Waals surface area contributed by atoms with Crippen LogP contribution in [0.15, 0.2) is 24.3 Å². The summed E-state index contributed by atoms with van der Waals surface area (Å²) in [6.07, 6.45) is 0.414. The number of rotatable bonds is 2. The molecule has 1 aliphatic rings. The van der Waals surface area contributed by atoms with E-state index in [1.54, 1.807) is 6.07 Å². The van der Waals surface area contributed by atoms with Crippen molar-refractivity contribution in [3.8, 4) is 0 Å². The molecule has 78 valence electrons. The molecule has 1 fully saturated rings. The summed E-state index contributed by atoms with van der Waals surface area (Å²) in [4.78, 5) is 22.1. The number of hydrogen-bond acceptors (Lipinski definition) is 2. The summed E-state index contributed by atoms with van der Waals surface area (Å²) in [6.45, 7) is 0. The predicted molar refractivity (Wildman–Crippen MR) is 55.6 cm³/mol. The van der Waals surface area contributed by atoms with Gasteiger partial charge in [-0.25, -0.2) is 4.79 Å². The van der Waals surface area contributed by atoms with Crippen LogP contribution in [0.2, 0.25) is 5.02 Å². The van der Waals surface area contributed by atoms with Crippen molar-refractivity contribution in [2.75, 3.05) is 0 Å². The molecule has 1 heterocycles. The Balaban J connectivity index is 2.13. The molecule has 0 radical (unpaired) electrons. The molecule has 1 aromatic rings. The monoisotopic (exact) mass is 224 g/mol. The quantitative estimate of drug-likeness (QED) is 0.739. The molecule has 15 heavy (non-hydrogen) atoms. The number of benzene rings is 1. The van der Waals surface area contributed by atoms with Crippen molar-refractivity contribution in [2.24, 2.45) is 0 Å². The third kappa shape index (κ3) is 2.10. The Morgan fingerprint density at radius 3 is 2.60 bits per heavy atom. The van der Waals surface area contributed by atoms with E-state index in [4.69, 9.17) is 11.6 Å². The van der Waals surface area contributed by atoms with Crippen LogP contribution in [-0.4, -0.2) is 18.0 Å². The summed E-state index contributed by atoms with van der Waals surface area (Å²) in [6, 6.07) is 6.29. The number of amides is 3. The molecule has 2 N–H and O–H groups in total. The van der Waals surface area contributed by atoms with Gasteiger partial charge in [0.25, 0.3) is 5.91 Å². The molecule has 1 atom stereocenters. The second-order valence-corrected chi connectivity index (χ2v) is 3.72. The van der Waals surface area contributed by atoms with Crippen LogP contribution in [0.5, 0.6) is 0 Å². The van der Waals surface area contributed by atoms with Crippen molar-refractivity contribution >= 4 is 23.5 Å². The highest BCUT2D eigenvalue weighted by Crippen LogP contribution is 2.17. The highest BCUT2D eigenvalue weighted by atomic mass is 35.5. The fourth-order valence-electron chi connectivity index (χ4n) is 1.49. The lowest BCUT2D eigenvalue weighted by molar-refractivity contribution is -0.120. The SMILES string of the molecule is O=C1NC(=O)[C@H](Cc2ccccc2Cl)N1. The third-order valence-corrected chi connectivity index (χ3v) is 2.61. The maximum Gasteiger partial charge on any atom is 0.322 e. The molecule has 0 unspecified atom stereocenters. The molecule has 0 saturated carbocycles. The Morgan fingerprint density at radius 1 is 1.27 bits per heavy atom. The molecule has 0 aromatic heterocycles. The minimum absolute atomic E-state index is 0.306. The van der Waals surface area contributed by atoms with Crippen LogP contribution in [0.1, 0.15) is 5.56 Å². The number of carbonyl (C=O) groups excluding carboxylic acids is 2. The molecule has 1 saturated heterocycles. The van der Waals surface area contributed by atoms with Gasteiger partial charge >= 0.3 is 6.03 Å². The lowest BCUT2D eigenvalue weighted by atomic mass is 10.1. The molecular formula is C10H9ClN2O2. The Hall–Kier alpha value is -1.55. The molecule has 1 aromatic carbocycles. The molecule has 4 nitrogen and oxygen atoms in total. The topological polar surface area (TPSA) is 58.2 Å². The van der Waals surface area contributed by atoms with Crippen molar-refractivity contribution < 1.29 is 9.59 Å². The van der Waals surface area contributed by atoms with Gasteiger partial charge in [0, 0.05) is 11.4 Å². The average molecular weight is 225 g/mol. The van der Waals surface area contributed by atoms with Crippen LogP contribution in [-0.2, 0) is 11.2 Å². The van der Waals surface area contributed by atoms with Gasteiger partial charge in [0.15, 0.2) is 0 Å². The van der Waals surface area contributed by atoms with E-state index in [2.05, 4.69) is 10.6 Å². The zero-order valence-electron chi connectivity index (χ0n) is 7.79. The Bertz CT molecular complexity index is 420. The van der Waals surface area contributed by atoms with Gasteiger partial charge in [0.1, 0.15) is 6.04 Å². The molecule has 1 aliphatic heterocycles. The number of urea groups is 1. The standard InChI is InChI=1S/C10H9ClN2O2/c11-7-4-2-1-3-6(7)5-8-9(14)13-10(15)12-8/h1-4,8H,5H2,(H2,12,13,14,15)/t8-/m0/s1. The van der Waals surface area contributed by atoms with E-state index >= 15 is 0 Å². The summed E-state index contributed by atoms with van der Waals surface area (Å²) in [5.41, 5.74) is 0.849. The summed E-state index contributed by atoms with van der Waals surface area (Å²) in [5.74, 6) is -0.306. The number of imide groups is 1. The predicted octanol–water partition coefficient (Wildman–Crippen LogP) is 1.09. The molecule has 0 aliphatic carbocycles. The smallest absolute Gasteiger partial charge is 0.322 e. The lowest BCUT2D eigenvalue weighted by Gasteiger charge is -2.08. The summed E-state index contributed by atoms with van der Waals surface area (Å²) in [7, 11) is 0. The second kappa shape index (κ2) is 3.90. The van der Waals surface area contributed by atoms with Gasteiger partial charge in [-0.05, 0) is 11.6 Å². The first-order valence-corrected chi connectivity index (χ1v) is 4.89. The highest BCUT2D eigenvalue weighted by Gasteiger charge is 2.29. The second-order valence-electron chi connectivity index (χ2n) is 3.31. The normalized spacial score (nSPS) is 19.9. The number of hydrogen-bond donors (Lipinski definition) is 2. The van der Waals surface area contributed by atoms with E-state index in [1.165, 1.54) is 0 Å². The van der Waals surface area contributed by atoms with E-state index < -0.39 is 12.1 Å². The van der Waals surface area contributed by atoms with Gasteiger partial charge in [-0.2, -0.15) is 0 Å². The van der Waals surface area contributed by atoms with Crippen molar-refractivity contribution in [2.45, 2.75) is 12.5 Å². The van der Waals surface area contributed by atoms with Gasteiger partial charge in [-0.15, -0.1) is 0 Å². The number of carbonyl (C=O) groups is 2. The minimum Gasteiger partial charge on any atom is -0.326 e. The van der Waals surface area contributed by atoms with Crippen LogP contribution in [0, 0.1) is 0 Å². The van der Waals surface area contributed by atoms with Crippen LogP contribution < -0.4 is 10.6 Å². The maximum atomic E-state index is 11.3. The molecule has 0 spiro atoms. The lowest BCUT2D eigenvalue weighted by Crippen LogP contribution is -2.31. The third-order valence-electron chi connectivity index (χ3n) is 2.24. The fourth-order valence-corrected chi connectivity index (χ4v) is 1.70. The maximum absolute atomic E-state index is 11.3. The number of nitrogens with one attached hydrogen (secondary N) is 2. The van der Waals surface area contributed by atoms with Crippen molar-refractivity contribution in [1.29, 1.82) is 0 Å². The van der Waals surface area contributed by atoms with Crippen molar-refractivity contribution in [3.05, 3.63) is 34.9 Å². The van der Waals surface area contributed by atoms with Crippen LogP contribution in [0.25, 0.3) is 0 Å². The Kier molecular flexibility index (Phi) is 2.60. The average Bonchev–Trinajstić information content (AvgIpc) is 2.49. The Morgan fingerprint density at radius 2 is 2.00 bits per heavy atom. The van der Waals surface area contributed by atoms with E-state index in [0.29, 0.717) is 11.4 Å². The first-order valence-electron chi connectivity index (χ1n) is 4.51. The van der Waals surface area contributed by atoms with Crippen LogP contribution in [0.3, 0.4) is 0 Å². The number of halogens is 1. The first kappa shape index (κ1) is 9.98. The Labute approximate surface area is 91.6 Å². The van der Waals surface area contributed by atoms with E-state index in [0.717, 1.165) is 5.56 Å². The summed E-state index contributed by atoms with van der Waals surface area (Å²) < 4.78 is 0. The molecule has 2 rings (SSSR count). The fraction of sp³-hybridized carbons (Fsp3) is 0.200. The van der Waals surface area contributed by atoms with Crippen molar-refractivity contribution in [3.63, 3.8) is 0 Å². The minimum atomic E-state index is -0.516. The van der Waals surface area contributed by atoms with Gasteiger partial charge in [0.2, 0.25) is 0 Å². The van der Waals surface area contributed by atoms with Gasteiger partial charge in [-0.3, -0.25) is 10.1 Å². The zero-order valence-corrected chi connectivity index (χ0v) is 8.54. The van der Waals surface area contributed by atoms with Gasteiger partial charge in [-0.1, -0.05) is 29.8 Å². The van der Waals surface area contributed by atoms with Crippen LogP contribution in [0.4, 0.5) is 4.79 Å². The van der Waals surface area contributed by atoms with E-state index in [-0.39, 0.29) is 5.91 Å². The summed E-state index contributed by atoms with van der Waals surface area (Å²) >= 11 is 5.94. The molecule has 0 bridgehead atoms. The largest absolute Gasteiger partial charge is 0.326 e. The molecule has 5 heteroatoms. The van der Waals surface area contributed by atoms with Gasteiger partial charge < -0.3 is 5.32 Å². The van der Waals surface area contributed by atoms with E-state index in [9.17, 15) is 9.59 Å². The molecule has 3 amide bonds. The first-order chi connectivity index (χ1) is 7.16. The van der Waals surface area contributed by atoms with Crippen LogP contribution >= 0.6 is 11.6 Å². The summed E-state index contributed by atoms with van der Waals surface area (Å²) in [5, 5.41) is 5.30. The zero-order chi connectivity index (χ0) is 10.8.